The van der Waals surface area contributed by atoms with Crippen molar-refractivity contribution in [1.29, 1.82) is 0 Å². The number of carbonyl (C=O) groups excluding carboxylic acids is 1. The summed E-state index contributed by atoms with van der Waals surface area (Å²) in [4.78, 5) is 24.1. The first kappa shape index (κ1) is 16.0. The molecule has 0 aliphatic rings. The molecule has 0 saturated heterocycles. The highest BCUT2D eigenvalue weighted by Gasteiger charge is 2.11. The Kier molecular flexibility index (Phi) is 4.21. The number of carbonyl (C=O) groups is 1. The second-order valence-corrected chi connectivity index (χ2v) is 6.09. The summed E-state index contributed by atoms with van der Waals surface area (Å²) in [6, 6.07) is 12.7. The molecule has 0 saturated carbocycles. The van der Waals surface area contributed by atoms with E-state index >= 15 is 0 Å². The van der Waals surface area contributed by atoms with Crippen LogP contribution in [0.5, 0.6) is 0 Å². The number of hydrogen-bond donors (Lipinski definition) is 1. The van der Waals surface area contributed by atoms with Gasteiger partial charge in [0.25, 0.3) is 5.91 Å². The highest BCUT2D eigenvalue weighted by molar-refractivity contribution is 5.94. The summed E-state index contributed by atoms with van der Waals surface area (Å²) in [5, 5.41) is 3.76. The minimum atomic E-state index is -0.410. The van der Waals surface area contributed by atoms with Crippen molar-refractivity contribution in [3.8, 4) is 0 Å². The van der Waals surface area contributed by atoms with E-state index in [0.717, 1.165) is 27.6 Å². The Hall–Kier alpha value is -2.88. The number of hydrogen-bond acceptors (Lipinski definition) is 3. The van der Waals surface area contributed by atoms with E-state index in [2.05, 4.69) is 5.32 Å². The lowest BCUT2D eigenvalue weighted by Crippen LogP contribution is -2.23. The molecular weight excluding hydrogens is 302 g/mol. The lowest BCUT2D eigenvalue weighted by atomic mass is 10.0. The second kappa shape index (κ2) is 6.32. The van der Waals surface area contributed by atoms with Crippen LogP contribution in [0.1, 0.15) is 32.6 Å². The molecule has 4 nitrogen and oxygen atoms in total. The third-order valence-corrected chi connectivity index (χ3v) is 4.02. The molecule has 0 spiro atoms. The fourth-order valence-electron chi connectivity index (χ4n) is 2.89. The molecule has 0 aliphatic carbocycles. The van der Waals surface area contributed by atoms with Crippen LogP contribution in [0, 0.1) is 20.8 Å². The van der Waals surface area contributed by atoms with Crippen LogP contribution in [-0.2, 0) is 6.54 Å². The van der Waals surface area contributed by atoms with Gasteiger partial charge in [-0.05, 0) is 55.7 Å². The number of aryl methyl sites for hydroxylation is 3. The first-order chi connectivity index (χ1) is 11.4. The predicted molar refractivity (Wildman–Crippen MR) is 94.3 cm³/mol. The van der Waals surface area contributed by atoms with Gasteiger partial charge >= 0.3 is 5.63 Å². The summed E-state index contributed by atoms with van der Waals surface area (Å²) in [5.74, 6) is -0.166. The average Bonchev–Trinajstić information content (AvgIpc) is 2.52. The van der Waals surface area contributed by atoms with Crippen molar-refractivity contribution in [3.05, 3.63) is 80.7 Å². The maximum absolute atomic E-state index is 12.3. The largest absolute Gasteiger partial charge is 0.423 e. The second-order valence-electron chi connectivity index (χ2n) is 6.09. The summed E-state index contributed by atoms with van der Waals surface area (Å²) in [5.41, 5.74) is 4.66. The molecule has 0 bridgehead atoms. The zero-order chi connectivity index (χ0) is 17.3. The maximum Gasteiger partial charge on any atom is 0.336 e. The van der Waals surface area contributed by atoms with E-state index in [1.54, 1.807) is 12.1 Å². The van der Waals surface area contributed by atoms with E-state index in [0.29, 0.717) is 11.1 Å². The Morgan fingerprint density at radius 3 is 2.42 bits per heavy atom. The molecule has 1 amide bonds. The van der Waals surface area contributed by atoms with Gasteiger partial charge in [0.05, 0.1) is 0 Å². The van der Waals surface area contributed by atoms with Crippen molar-refractivity contribution in [3.63, 3.8) is 0 Å². The van der Waals surface area contributed by atoms with Crippen LogP contribution < -0.4 is 10.9 Å². The van der Waals surface area contributed by atoms with E-state index in [4.69, 9.17) is 4.42 Å². The Balaban J connectivity index is 1.91. The van der Waals surface area contributed by atoms with Gasteiger partial charge in [-0.1, -0.05) is 23.8 Å². The summed E-state index contributed by atoms with van der Waals surface area (Å²) in [7, 11) is 0. The summed E-state index contributed by atoms with van der Waals surface area (Å²) < 4.78 is 5.30. The standard InChI is InChI=1S/C20H19NO3/c1-12-4-6-15(7-5-12)20(23)21-11-16-10-18(22)24-17-9-13(2)8-14(3)19(16)17/h4-10H,11H2,1-3H3,(H,21,23). The monoisotopic (exact) mass is 321 g/mol. The van der Waals surface area contributed by atoms with Crippen LogP contribution in [0.3, 0.4) is 0 Å². The third kappa shape index (κ3) is 3.23. The molecule has 2 aromatic carbocycles. The van der Waals surface area contributed by atoms with E-state index < -0.39 is 5.63 Å². The summed E-state index contributed by atoms with van der Waals surface area (Å²) >= 11 is 0. The SMILES string of the molecule is Cc1ccc(C(=O)NCc2cc(=O)oc3cc(C)cc(C)c23)cc1. The molecule has 0 unspecified atom stereocenters. The highest BCUT2D eigenvalue weighted by atomic mass is 16.4. The molecule has 1 aromatic heterocycles. The van der Waals surface area contributed by atoms with Gasteiger partial charge in [-0.2, -0.15) is 0 Å². The number of nitrogens with one attached hydrogen (secondary N) is 1. The van der Waals surface area contributed by atoms with E-state index in [-0.39, 0.29) is 12.5 Å². The average molecular weight is 321 g/mol. The molecule has 24 heavy (non-hydrogen) atoms. The van der Waals surface area contributed by atoms with E-state index in [1.165, 1.54) is 6.07 Å². The molecule has 0 aliphatic heterocycles. The molecule has 122 valence electrons. The zero-order valence-corrected chi connectivity index (χ0v) is 14.0. The Bertz CT molecular complexity index is 969. The van der Waals surface area contributed by atoms with Crippen LogP contribution in [0.25, 0.3) is 11.0 Å². The molecule has 3 aromatic rings. The molecule has 3 rings (SSSR count). The first-order valence-electron chi connectivity index (χ1n) is 7.83. The van der Waals surface area contributed by atoms with Crippen molar-refractivity contribution >= 4 is 16.9 Å². The number of rotatable bonds is 3. The Morgan fingerprint density at radius 1 is 1.00 bits per heavy atom. The van der Waals surface area contributed by atoms with Crippen molar-refractivity contribution in [2.24, 2.45) is 0 Å². The highest BCUT2D eigenvalue weighted by Crippen LogP contribution is 2.23. The van der Waals surface area contributed by atoms with E-state index in [1.807, 2.05) is 45.0 Å². The molecule has 1 heterocycles. The van der Waals surface area contributed by atoms with Crippen LogP contribution in [0.15, 0.2) is 51.7 Å². The fraction of sp³-hybridized carbons (Fsp3) is 0.200. The third-order valence-electron chi connectivity index (χ3n) is 4.02. The van der Waals surface area contributed by atoms with E-state index in [9.17, 15) is 9.59 Å². The van der Waals surface area contributed by atoms with Crippen molar-refractivity contribution < 1.29 is 9.21 Å². The van der Waals surface area contributed by atoms with Gasteiger partial charge in [-0.15, -0.1) is 0 Å². The minimum absolute atomic E-state index is 0.166. The van der Waals surface area contributed by atoms with Gasteiger partial charge in [0.2, 0.25) is 0 Å². The Morgan fingerprint density at radius 2 is 1.71 bits per heavy atom. The van der Waals surface area contributed by atoms with Gasteiger partial charge in [-0.25, -0.2) is 4.79 Å². The molecule has 1 N–H and O–H groups in total. The van der Waals surface area contributed by atoms with Crippen molar-refractivity contribution in [2.45, 2.75) is 27.3 Å². The molecule has 0 radical (unpaired) electrons. The molecule has 0 fully saturated rings. The maximum atomic E-state index is 12.3. The quantitative estimate of drug-likeness (QED) is 0.749. The number of benzene rings is 2. The fourth-order valence-corrected chi connectivity index (χ4v) is 2.89. The van der Waals surface area contributed by atoms with Gasteiger partial charge in [0, 0.05) is 23.6 Å². The van der Waals surface area contributed by atoms with Gasteiger partial charge < -0.3 is 9.73 Å². The number of amides is 1. The smallest absolute Gasteiger partial charge is 0.336 e. The summed E-state index contributed by atoms with van der Waals surface area (Å²) in [6.45, 7) is 6.18. The van der Waals surface area contributed by atoms with Gasteiger partial charge in [0.15, 0.2) is 0 Å². The normalized spacial score (nSPS) is 10.8. The molecule has 0 atom stereocenters. The van der Waals surface area contributed by atoms with Crippen LogP contribution >= 0.6 is 0 Å². The Labute approximate surface area is 140 Å². The predicted octanol–water partition coefficient (Wildman–Crippen LogP) is 3.65. The van der Waals surface area contributed by atoms with Crippen LogP contribution in [0.2, 0.25) is 0 Å². The van der Waals surface area contributed by atoms with Gasteiger partial charge in [-0.3, -0.25) is 4.79 Å². The number of fused-ring (bicyclic) bond motifs is 1. The van der Waals surface area contributed by atoms with Gasteiger partial charge in [0.1, 0.15) is 5.58 Å². The lowest BCUT2D eigenvalue weighted by Gasteiger charge is -2.10. The van der Waals surface area contributed by atoms with Crippen molar-refractivity contribution in [2.75, 3.05) is 0 Å². The zero-order valence-electron chi connectivity index (χ0n) is 14.0. The summed E-state index contributed by atoms with van der Waals surface area (Å²) in [6.07, 6.45) is 0. The van der Waals surface area contributed by atoms with Crippen molar-refractivity contribution in [1.82, 2.24) is 5.32 Å². The van der Waals surface area contributed by atoms with Crippen LogP contribution in [-0.4, -0.2) is 5.91 Å². The molecular formula is C20H19NO3. The first-order valence-corrected chi connectivity index (χ1v) is 7.83. The lowest BCUT2D eigenvalue weighted by molar-refractivity contribution is 0.0951. The topological polar surface area (TPSA) is 59.3 Å². The minimum Gasteiger partial charge on any atom is -0.423 e. The molecule has 4 heteroatoms. The van der Waals surface area contributed by atoms with Crippen LogP contribution in [0.4, 0.5) is 0 Å².